The average molecular weight is 390 g/mol. The zero-order chi connectivity index (χ0) is 16.8. The van der Waals surface area contributed by atoms with E-state index < -0.39 is 0 Å². The lowest BCUT2D eigenvalue weighted by Crippen LogP contribution is -2.22. The Morgan fingerprint density at radius 3 is 2.79 bits per heavy atom. The fourth-order valence-corrected chi connectivity index (χ4v) is 3.09. The van der Waals surface area contributed by atoms with E-state index in [9.17, 15) is 4.79 Å². The lowest BCUT2D eigenvalue weighted by molar-refractivity contribution is 0.0677. The molecule has 0 radical (unpaired) electrons. The molecule has 126 valence electrons. The van der Waals surface area contributed by atoms with Gasteiger partial charge in [0.25, 0.3) is 5.91 Å². The molecule has 0 bridgehead atoms. The fourth-order valence-electron chi connectivity index (χ4n) is 2.60. The van der Waals surface area contributed by atoms with Gasteiger partial charge in [0.1, 0.15) is 12.4 Å². The van der Waals surface area contributed by atoms with Crippen LogP contribution < -0.4 is 10.1 Å². The van der Waals surface area contributed by atoms with Crippen LogP contribution in [0.15, 0.2) is 53.0 Å². The van der Waals surface area contributed by atoms with Gasteiger partial charge >= 0.3 is 0 Å². The summed E-state index contributed by atoms with van der Waals surface area (Å²) in [7, 11) is 0. The molecule has 1 atom stereocenters. The number of hydrogen-bond donors (Lipinski definition) is 1. The monoisotopic (exact) mass is 389 g/mol. The highest BCUT2D eigenvalue weighted by atomic mass is 79.9. The van der Waals surface area contributed by atoms with E-state index in [1.165, 1.54) is 0 Å². The maximum Gasteiger partial charge on any atom is 0.251 e. The highest BCUT2D eigenvalue weighted by Gasteiger charge is 2.17. The number of carbonyl (C=O) groups excluding carboxylic acids is 1. The van der Waals surface area contributed by atoms with Crippen molar-refractivity contribution in [1.29, 1.82) is 0 Å². The van der Waals surface area contributed by atoms with E-state index in [1.54, 1.807) is 12.1 Å². The fraction of sp³-hybridized carbons (Fsp3) is 0.316. The second-order valence-electron chi connectivity index (χ2n) is 5.76. The molecule has 1 amide bonds. The average Bonchev–Trinajstić information content (AvgIpc) is 3.13. The molecule has 4 nitrogen and oxygen atoms in total. The Bertz CT molecular complexity index is 684. The van der Waals surface area contributed by atoms with Crippen LogP contribution in [0.2, 0.25) is 0 Å². The predicted molar refractivity (Wildman–Crippen MR) is 96.2 cm³/mol. The summed E-state index contributed by atoms with van der Waals surface area (Å²) in [4.78, 5) is 12.3. The number of amides is 1. The Morgan fingerprint density at radius 1 is 1.25 bits per heavy atom. The van der Waals surface area contributed by atoms with Crippen LogP contribution in [0.1, 0.15) is 28.8 Å². The maximum atomic E-state index is 12.3. The first-order valence-corrected chi connectivity index (χ1v) is 8.88. The first-order chi connectivity index (χ1) is 11.7. The van der Waals surface area contributed by atoms with Gasteiger partial charge in [-0.2, -0.15) is 0 Å². The number of nitrogens with one attached hydrogen (secondary N) is 1. The lowest BCUT2D eigenvalue weighted by Gasteiger charge is -2.13. The topological polar surface area (TPSA) is 47.6 Å². The van der Waals surface area contributed by atoms with E-state index in [4.69, 9.17) is 9.47 Å². The van der Waals surface area contributed by atoms with E-state index in [0.717, 1.165) is 35.2 Å². The van der Waals surface area contributed by atoms with Crippen LogP contribution in [-0.2, 0) is 11.3 Å². The summed E-state index contributed by atoms with van der Waals surface area (Å²) in [5, 5.41) is 2.92. The van der Waals surface area contributed by atoms with E-state index >= 15 is 0 Å². The zero-order valence-electron chi connectivity index (χ0n) is 13.3. The summed E-state index contributed by atoms with van der Waals surface area (Å²) >= 11 is 3.48. The van der Waals surface area contributed by atoms with Gasteiger partial charge in [0.15, 0.2) is 0 Å². The van der Waals surface area contributed by atoms with Crippen LogP contribution in [0.5, 0.6) is 5.75 Å². The second-order valence-corrected chi connectivity index (χ2v) is 6.61. The molecule has 2 aromatic rings. The standard InChI is InChI=1S/C19H20BrNO3/c20-17-11-15(19(22)21-12-14-5-2-1-3-6-14)8-9-18(17)24-13-16-7-4-10-23-16/h1-3,5-6,8-9,11,16H,4,7,10,12-13H2,(H,21,22). The third-order valence-electron chi connectivity index (χ3n) is 3.94. The Kier molecular flexibility index (Phi) is 5.88. The van der Waals surface area contributed by atoms with Crippen LogP contribution in [0, 0.1) is 0 Å². The molecule has 2 aromatic carbocycles. The van der Waals surface area contributed by atoms with E-state index in [2.05, 4.69) is 21.2 Å². The van der Waals surface area contributed by atoms with Gasteiger partial charge in [-0.1, -0.05) is 30.3 Å². The van der Waals surface area contributed by atoms with Crippen molar-refractivity contribution in [2.24, 2.45) is 0 Å². The van der Waals surface area contributed by atoms with Crippen molar-refractivity contribution in [3.8, 4) is 5.75 Å². The molecule has 1 unspecified atom stereocenters. The Labute approximate surface area is 150 Å². The predicted octanol–water partition coefficient (Wildman–Crippen LogP) is 3.94. The molecule has 0 aromatic heterocycles. The Morgan fingerprint density at radius 2 is 2.08 bits per heavy atom. The number of hydrogen-bond acceptors (Lipinski definition) is 3. The lowest BCUT2D eigenvalue weighted by atomic mass is 10.2. The highest BCUT2D eigenvalue weighted by Crippen LogP contribution is 2.27. The van der Waals surface area contributed by atoms with Gasteiger partial charge in [-0.15, -0.1) is 0 Å². The SMILES string of the molecule is O=C(NCc1ccccc1)c1ccc(OCC2CCCO2)c(Br)c1. The minimum atomic E-state index is -0.106. The minimum absolute atomic E-state index is 0.106. The van der Waals surface area contributed by atoms with Crippen LogP contribution in [0.3, 0.4) is 0 Å². The van der Waals surface area contributed by atoms with Crippen molar-refractivity contribution in [2.45, 2.75) is 25.5 Å². The molecule has 1 heterocycles. The molecular weight excluding hydrogens is 370 g/mol. The summed E-state index contributed by atoms with van der Waals surface area (Å²) in [5.41, 5.74) is 1.67. The molecule has 0 aliphatic carbocycles. The third-order valence-corrected chi connectivity index (χ3v) is 4.56. The van der Waals surface area contributed by atoms with Crippen molar-refractivity contribution in [1.82, 2.24) is 5.32 Å². The number of carbonyl (C=O) groups is 1. The van der Waals surface area contributed by atoms with Crippen molar-refractivity contribution < 1.29 is 14.3 Å². The molecule has 24 heavy (non-hydrogen) atoms. The number of halogens is 1. The summed E-state index contributed by atoms with van der Waals surface area (Å²) in [5.74, 6) is 0.621. The normalized spacial score (nSPS) is 16.8. The van der Waals surface area contributed by atoms with E-state index in [1.807, 2.05) is 36.4 Å². The van der Waals surface area contributed by atoms with Gasteiger partial charge in [-0.25, -0.2) is 0 Å². The Hall–Kier alpha value is -1.85. The summed E-state index contributed by atoms with van der Waals surface area (Å²) < 4.78 is 12.1. The molecule has 1 fully saturated rings. The summed E-state index contributed by atoms with van der Waals surface area (Å²) in [6, 6.07) is 15.2. The molecule has 1 aliphatic heterocycles. The largest absolute Gasteiger partial charge is 0.490 e. The van der Waals surface area contributed by atoms with Crippen LogP contribution in [-0.4, -0.2) is 25.2 Å². The van der Waals surface area contributed by atoms with Crippen LogP contribution in [0.25, 0.3) is 0 Å². The molecule has 0 spiro atoms. The van der Waals surface area contributed by atoms with Crippen LogP contribution in [0.4, 0.5) is 0 Å². The number of ether oxygens (including phenoxy) is 2. The first-order valence-electron chi connectivity index (χ1n) is 8.08. The number of rotatable bonds is 6. The van der Waals surface area contributed by atoms with Crippen LogP contribution >= 0.6 is 15.9 Å². The van der Waals surface area contributed by atoms with Crippen molar-refractivity contribution >= 4 is 21.8 Å². The van der Waals surface area contributed by atoms with Crippen molar-refractivity contribution in [2.75, 3.05) is 13.2 Å². The van der Waals surface area contributed by atoms with Gasteiger partial charge in [0.2, 0.25) is 0 Å². The molecule has 1 saturated heterocycles. The van der Waals surface area contributed by atoms with E-state index in [-0.39, 0.29) is 12.0 Å². The van der Waals surface area contributed by atoms with E-state index in [0.29, 0.717) is 18.7 Å². The van der Waals surface area contributed by atoms with Gasteiger partial charge in [-0.3, -0.25) is 4.79 Å². The van der Waals surface area contributed by atoms with Gasteiger partial charge < -0.3 is 14.8 Å². The molecule has 3 rings (SSSR count). The first kappa shape index (κ1) is 17.0. The molecule has 5 heteroatoms. The zero-order valence-corrected chi connectivity index (χ0v) is 14.9. The molecular formula is C19H20BrNO3. The minimum Gasteiger partial charge on any atom is -0.490 e. The molecule has 0 saturated carbocycles. The van der Waals surface area contributed by atoms with Crippen molar-refractivity contribution in [3.05, 3.63) is 64.1 Å². The number of benzene rings is 2. The molecule has 1 N–H and O–H groups in total. The van der Waals surface area contributed by atoms with Gasteiger partial charge in [0.05, 0.1) is 10.6 Å². The third kappa shape index (κ3) is 4.58. The molecule has 1 aliphatic rings. The van der Waals surface area contributed by atoms with Gasteiger partial charge in [0, 0.05) is 18.7 Å². The highest BCUT2D eigenvalue weighted by molar-refractivity contribution is 9.10. The Balaban J connectivity index is 1.55. The summed E-state index contributed by atoms with van der Waals surface area (Å²) in [6.45, 7) is 1.86. The second kappa shape index (κ2) is 8.31. The maximum absolute atomic E-state index is 12.3. The van der Waals surface area contributed by atoms with Gasteiger partial charge in [-0.05, 0) is 52.5 Å². The smallest absolute Gasteiger partial charge is 0.251 e. The summed E-state index contributed by atoms with van der Waals surface area (Å²) in [6.07, 6.45) is 2.30. The quantitative estimate of drug-likeness (QED) is 0.813. The van der Waals surface area contributed by atoms with Crippen molar-refractivity contribution in [3.63, 3.8) is 0 Å².